The fourth-order valence-corrected chi connectivity index (χ4v) is 3.79. The minimum absolute atomic E-state index is 0.966. The van der Waals surface area contributed by atoms with E-state index in [0.29, 0.717) is 0 Å². The van der Waals surface area contributed by atoms with Crippen LogP contribution in [0.2, 0.25) is 0 Å². The van der Waals surface area contributed by atoms with E-state index in [0.717, 1.165) is 17.8 Å². The van der Waals surface area contributed by atoms with Crippen LogP contribution in [0.5, 0.6) is 0 Å². The Hall–Kier alpha value is 0. The largest absolute Gasteiger partial charge is 0.0530 e. The average Bonchev–Trinajstić information content (AvgIpc) is 2.90. The van der Waals surface area contributed by atoms with Crippen molar-refractivity contribution in [3.05, 3.63) is 6.92 Å². The summed E-state index contributed by atoms with van der Waals surface area (Å²) in [6.07, 6.45) is 16.2. The van der Waals surface area contributed by atoms with Crippen LogP contribution in [0.1, 0.15) is 70.6 Å². The highest BCUT2D eigenvalue weighted by Crippen LogP contribution is 2.38. The van der Waals surface area contributed by atoms with Crippen molar-refractivity contribution >= 4 is 0 Å². The van der Waals surface area contributed by atoms with Crippen molar-refractivity contribution in [3.8, 4) is 0 Å². The maximum absolute atomic E-state index is 4.18. The predicted molar refractivity (Wildman–Crippen MR) is 66.6 cm³/mol. The lowest BCUT2D eigenvalue weighted by Gasteiger charge is -2.23. The van der Waals surface area contributed by atoms with Crippen molar-refractivity contribution in [1.82, 2.24) is 0 Å². The molecule has 1 unspecified atom stereocenters. The molecule has 1 atom stereocenters. The summed E-state index contributed by atoms with van der Waals surface area (Å²) in [5, 5.41) is 0. The molecule has 0 N–H and O–H groups in total. The highest BCUT2D eigenvalue weighted by molar-refractivity contribution is 4.78. The molecular formula is C15H27. The molecule has 0 spiro atoms. The van der Waals surface area contributed by atoms with Crippen molar-refractivity contribution in [1.29, 1.82) is 0 Å². The Morgan fingerprint density at radius 3 is 2.13 bits per heavy atom. The first-order valence-corrected chi connectivity index (χ1v) is 7.19. The van der Waals surface area contributed by atoms with E-state index < -0.39 is 0 Å². The van der Waals surface area contributed by atoms with E-state index in [1.54, 1.807) is 0 Å². The Morgan fingerprint density at radius 1 is 0.933 bits per heavy atom. The summed E-state index contributed by atoms with van der Waals surface area (Å²) in [6, 6.07) is 0. The van der Waals surface area contributed by atoms with Crippen molar-refractivity contribution in [2.24, 2.45) is 17.8 Å². The summed E-state index contributed by atoms with van der Waals surface area (Å²) in [6.45, 7) is 4.18. The second-order valence-electron chi connectivity index (χ2n) is 5.82. The van der Waals surface area contributed by atoms with Gasteiger partial charge in [-0.25, -0.2) is 0 Å². The van der Waals surface area contributed by atoms with Crippen LogP contribution in [0.15, 0.2) is 0 Å². The molecule has 0 aliphatic heterocycles. The summed E-state index contributed by atoms with van der Waals surface area (Å²) in [4.78, 5) is 0. The second kappa shape index (κ2) is 5.92. The quantitative estimate of drug-likeness (QED) is 0.596. The number of hydrogen-bond acceptors (Lipinski definition) is 0. The molecule has 1 radical (unpaired) electrons. The lowest BCUT2D eigenvalue weighted by Crippen LogP contribution is -2.12. The predicted octanol–water partition coefficient (Wildman–Crippen LogP) is 4.99. The maximum Gasteiger partial charge on any atom is -0.0386 e. The molecule has 0 heteroatoms. The molecule has 0 heterocycles. The minimum atomic E-state index is 0.966. The normalized spacial score (nSPS) is 26.2. The SMILES string of the molecule is [CH2]CC(CCC1CCCC1)C1CCCC1. The van der Waals surface area contributed by atoms with Gasteiger partial charge in [0.2, 0.25) is 0 Å². The van der Waals surface area contributed by atoms with E-state index in [1.807, 2.05) is 0 Å². The summed E-state index contributed by atoms with van der Waals surface area (Å²) in [7, 11) is 0. The fourth-order valence-electron chi connectivity index (χ4n) is 3.79. The smallest absolute Gasteiger partial charge is 0.0386 e. The molecule has 0 amide bonds. The number of hydrogen-bond donors (Lipinski definition) is 0. The highest BCUT2D eigenvalue weighted by atomic mass is 14.3. The third kappa shape index (κ3) is 3.23. The van der Waals surface area contributed by atoms with Gasteiger partial charge in [-0.05, 0) is 24.2 Å². The molecule has 2 fully saturated rings. The van der Waals surface area contributed by atoms with Gasteiger partial charge in [-0.3, -0.25) is 0 Å². The van der Waals surface area contributed by atoms with Gasteiger partial charge < -0.3 is 0 Å². The van der Waals surface area contributed by atoms with Gasteiger partial charge in [0.15, 0.2) is 0 Å². The fraction of sp³-hybridized carbons (Fsp3) is 0.933. The standard InChI is InChI=1S/C15H27/c1-2-14(15-9-5-6-10-15)12-11-13-7-3-4-8-13/h13-15H,1-12H2. The number of rotatable bonds is 5. The van der Waals surface area contributed by atoms with Crippen LogP contribution in [-0.4, -0.2) is 0 Å². The molecule has 0 aromatic heterocycles. The van der Waals surface area contributed by atoms with E-state index in [-0.39, 0.29) is 0 Å². The van der Waals surface area contributed by atoms with Gasteiger partial charge in [-0.2, -0.15) is 0 Å². The minimum Gasteiger partial charge on any atom is -0.0530 e. The molecule has 15 heavy (non-hydrogen) atoms. The van der Waals surface area contributed by atoms with Crippen LogP contribution >= 0.6 is 0 Å². The van der Waals surface area contributed by atoms with Gasteiger partial charge in [0.1, 0.15) is 0 Å². The Kier molecular flexibility index (Phi) is 4.53. The lowest BCUT2D eigenvalue weighted by molar-refractivity contribution is 0.291. The van der Waals surface area contributed by atoms with Crippen LogP contribution in [0.4, 0.5) is 0 Å². The van der Waals surface area contributed by atoms with E-state index >= 15 is 0 Å². The molecular weight excluding hydrogens is 180 g/mol. The first-order chi connectivity index (χ1) is 7.40. The van der Waals surface area contributed by atoms with Crippen molar-refractivity contribution in [2.75, 3.05) is 0 Å². The Bertz CT molecular complexity index is 161. The zero-order valence-electron chi connectivity index (χ0n) is 10.2. The molecule has 0 aromatic rings. The Morgan fingerprint density at radius 2 is 1.53 bits per heavy atom. The summed E-state index contributed by atoms with van der Waals surface area (Å²) >= 11 is 0. The van der Waals surface area contributed by atoms with Gasteiger partial charge in [0.05, 0.1) is 0 Å². The van der Waals surface area contributed by atoms with Crippen LogP contribution in [0, 0.1) is 24.7 Å². The average molecular weight is 207 g/mol. The lowest BCUT2D eigenvalue weighted by atomic mass is 9.83. The molecule has 0 bridgehead atoms. The zero-order valence-corrected chi connectivity index (χ0v) is 10.2. The van der Waals surface area contributed by atoms with Crippen molar-refractivity contribution in [3.63, 3.8) is 0 Å². The van der Waals surface area contributed by atoms with E-state index in [1.165, 1.54) is 70.6 Å². The van der Waals surface area contributed by atoms with E-state index in [9.17, 15) is 0 Å². The summed E-state index contributed by atoms with van der Waals surface area (Å²) < 4.78 is 0. The van der Waals surface area contributed by atoms with Crippen LogP contribution in [0.25, 0.3) is 0 Å². The van der Waals surface area contributed by atoms with Gasteiger partial charge in [-0.1, -0.05) is 71.1 Å². The van der Waals surface area contributed by atoms with Crippen molar-refractivity contribution in [2.45, 2.75) is 70.6 Å². The highest BCUT2D eigenvalue weighted by Gasteiger charge is 2.24. The molecule has 87 valence electrons. The Labute approximate surface area is 95.8 Å². The topological polar surface area (TPSA) is 0 Å². The van der Waals surface area contributed by atoms with Crippen molar-refractivity contribution < 1.29 is 0 Å². The molecule has 2 rings (SSSR count). The first kappa shape index (κ1) is 11.5. The first-order valence-electron chi connectivity index (χ1n) is 7.19. The monoisotopic (exact) mass is 207 g/mol. The molecule has 2 aliphatic rings. The molecule has 2 aliphatic carbocycles. The molecule has 0 saturated heterocycles. The van der Waals surface area contributed by atoms with E-state index in [2.05, 4.69) is 6.92 Å². The van der Waals surface area contributed by atoms with Crippen LogP contribution in [0.3, 0.4) is 0 Å². The molecule has 2 saturated carbocycles. The third-order valence-electron chi connectivity index (χ3n) is 4.86. The zero-order chi connectivity index (χ0) is 10.5. The summed E-state index contributed by atoms with van der Waals surface area (Å²) in [5.41, 5.74) is 0. The van der Waals surface area contributed by atoms with Crippen LogP contribution < -0.4 is 0 Å². The second-order valence-corrected chi connectivity index (χ2v) is 5.82. The van der Waals surface area contributed by atoms with Gasteiger partial charge in [0, 0.05) is 0 Å². The van der Waals surface area contributed by atoms with Crippen LogP contribution in [-0.2, 0) is 0 Å². The maximum atomic E-state index is 4.18. The Balaban J connectivity index is 1.69. The third-order valence-corrected chi connectivity index (χ3v) is 4.86. The molecule has 0 nitrogen and oxygen atoms in total. The van der Waals surface area contributed by atoms with Gasteiger partial charge in [0.25, 0.3) is 0 Å². The van der Waals surface area contributed by atoms with Gasteiger partial charge >= 0.3 is 0 Å². The molecule has 0 aromatic carbocycles. The van der Waals surface area contributed by atoms with Gasteiger partial charge in [-0.15, -0.1) is 0 Å². The summed E-state index contributed by atoms with van der Waals surface area (Å²) in [5.74, 6) is 3.09. The van der Waals surface area contributed by atoms with E-state index in [4.69, 9.17) is 0 Å².